The van der Waals surface area contributed by atoms with E-state index in [4.69, 9.17) is 15.1 Å². The van der Waals surface area contributed by atoms with E-state index in [1.807, 2.05) is 6.07 Å². The Labute approximate surface area is 86.9 Å². The number of rotatable bonds is 3. The summed E-state index contributed by atoms with van der Waals surface area (Å²) >= 11 is 0. The summed E-state index contributed by atoms with van der Waals surface area (Å²) in [4.78, 5) is 10.6. The molecule has 78 valence electrons. The smallest absolute Gasteiger partial charge is 0.484 e. The van der Waals surface area contributed by atoms with Crippen molar-refractivity contribution in [3.63, 3.8) is 0 Å². The van der Waals surface area contributed by atoms with Crippen molar-refractivity contribution in [3.05, 3.63) is 23.8 Å². The van der Waals surface area contributed by atoms with Gasteiger partial charge in [-0.2, -0.15) is 0 Å². The van der Waals surface area contributed by atoms with Gasteiger partial charge in [0.05, 0.1) is 6.61 Å². The molecule has 0 unspecified atom stereocenters. The summed E-state index contributed by atoms with van der Waals surface area (Å²) in [7, 11) is -0.982. The summed E-state index contributed by atoms with van der Waals surface area (Å²) in [5.41, 5.74) is 6.41. The molecule has 1 heterocycles. The van der Waals surface area contributed by atoms with Crippen molar-refractivity contribution in [3.8, 4) is 5.75 Å². The zero-order chi connectivity index (χ0) is 10.8. The highest BCUT2D eigenvalue weighted by Crippen LogP contribution is 2.17. The lowest BCUT2D eigenvalue weighted by molar-refractivity contribution is -0.119. The number of nitrogens with two attached hydrogens (primary N) is 1. The predicted octanol–water partition coefficient (Wildman–Crippen LogP) is -1.23. The quantitative estimate of drug-likeness (QED) is 0.608. The third-order valence-electron chi connectivity index (χ3n) is 2.17. The molecule has 1 aromatic rings. The fourth-order valence-corrected chi connectivity index (χ4v) is 1.52. The van der Waals surface area contributed by atoms with Crippen molar-refractivity contribution in [1.82, 2.24) is 0 Å². The molecule has 0 atom stereocenters. The lowest BCUT2D eigenvalue weighted by atomic mass is 9.79. The average molecular weight is 207 g/mol. The van der Waals surface area contributed by atoms with Crippen LogP contribution in [-0.2, 0) is 16.1 Å². The summed E-state index contributed by atoms with van der Waals surface area (Å²) in [6.07, 6.45) is 0. The summed E-state index contributed by atoms with van der Waals surface area (Å²) in [6, 6.07) is 5.28. The van der Waals surface area contributed by atoms with Gasteiger partial charge in [-0.25, -0.2) is 0 Å². The van der Waals surface area contributed by atoms with Crippen LogP contribution in [-0.4, -0.2) is 24.7 Å². The fraction of sp³-hybridized carbons (Fsp3) is 0.222. The Kier molecular flexibility index (Phi) is 2.61. The van der Waals surface area contributed by atoms with Crippen LogP contribution in [0.5, 0.6) is 5.75 Å². The van der Waals surface area contributed by atoms with Crippen molar-refractivity contribution >= 4 is 18.5 Å². The van der Waals surface area contributed by atoms with Crippen LogP contribution >= 0.6 is 0 Å². The highest BCUT2D eigenvalue weighted by molar-refractivity contribution is 6.62. The van der Waals surface area contributed by atoms with Crippen LogP contribution < -0.4 is 15.9 Å². The van der Waals surface area contributed by atoms with Crippen LogP contribution in [0.3, 0.4) is 0 Å². The molecule has 0 spiro atoms. The first-order chi connectivity index (χ1) is 7.18. The van der Waals surface area contributed by atoms with Gasteiger partial charge in [-0.1, -0.05) is 12.1 Å². The third-order valence-corrected chi connectivity index (χ3v) is 2.17. The summed E-state index contributed by atoms with van der Waals surface area (Å²) < 4.78 is 10.2. The van der Waals surface area contributed by atoms with Gasteiger partial charge in [-0.15, -0.1) is 0 Å². The number of carbonyl (C=O) groups is 1. The molecule has 0 saturated heterocycles. The normalized spacial score (nSPS) is 13.8. The van der Waals surface area contributed by atoms with E-state index in [0.29, 0.717) is 17.8 Å². The van der Waals surface area contributed by atoms with Gasteiger partial charge in [0, 0.05) is 5.46 Å². The number of carbonyl (C=O) groups excluding carboxylic acids is 1. The van der Waals surface area contributed by atoms with Crippen LogP contribution in [0.15, 0.2) is 18.2 Å². The molecular weight excluding hydrogens is 197 g/mol. The lowest BCUT2D eigenvalue weighted by Crippen LogP contribution is -2.31. The molecule has 2 rings (SSSR count). The van der Waals surface area contributed by atoms with Crippen molar-refractivity contribution in [2.75, 3.05) is 6.61 Å². The van der Waals surface area contributed by atoms with Gasteiger partial charge < -0.3 is 20.1 Å². The molecule has 1 aromatic carbocycles. The topological polar surface area (TPSA) is 81.8 Å². The van der Waals surface area contributed by atoms with Gasteiger partial charge in [0.25, 0.3) is 5.91 Å². The van der Waals surface area contributed by atoms with E-state index in [9.17, 15) is 9.82 Å². The maximum atomic E-state index is 10.6. The van der Waals surface area contributed by atoms with Crippen molar-refractivity contribution < 1.29 is 19.2 Å². The van der Waals surface area contributed by atoms with E-state index in [1.54, 1.807) is 12.1 Å². The number of ether oxygens (including phenoxy) is 1. The van der Waals surface area contributed by atoms with E-state index >= 15 is 0 Å². The zero-order valence-electron chi connectivity index (χ0n) is 7.97. The predicted molar refractivity (Wildman–Crippen MR) is 53.5 cm³/mol. The van der Waals surface area contributed by atoms with Gasteiger partial charge in [0.1, 0.15) is 5.75 Å². The fourth-order valence-electron chi connectivity index (χ4n) is 1.52. The maximum Gasteiger partial charge on any atom is 0.495 e. The SMILES string of the molecule is NC(=O)COc1cccc2c1B(O)OC2. The van der Waals surface area contributed by atoms with Gasteiger partial charge in [0.15, 0.2) is 6.61 Å². The minimum absolute atomic E-state index is 0.205. The number of hydrogen-bond donors (Lipinski definition) is 2. The Morgan fingerprint density at radius 1 is 1.67 bits per heavy atom. The molecule has 0 bridgehead atoms. The molecule has 6 heteroatoms. The molecule has 0 radical (unpaired) electrons. The molecule has 1 aliphatic heterocycles. The Balaban J connectivity index is 2.24. The Morgan fingerprint density at radius 2 is 2.47 bits per heavy atom. The van der Waals surface area contributed by atoms with Crippen LogP contribution in [0.2, 0.25) is 0 Å². The van der Waals surface area contributed by atoms with Gasteiger partial charge in [0.2, 0.25) is 0 Å². The lowest BCUT2D eigenvalue weighted by Gasteiger charge is -2.08. The minimum atomic E-state index is -0.982. The highest BCUT2D eigenvalue weighted by Gasteiger charge is 2.30. The second kappa shape index (κ2) is 3.92. The summed E-state index contributed by atoms with van der Waals surface area (Å²) in [5, 5.41) is 9.51. The van der Waals surface area contributed by atoms with Crippen LogP contribution in [0.1, 0.15) is 5.56 Å². The summed E-state index contributed by atoms with van der Waals surface area (Å²) in [6.45, 7) is 0.146. The van der Waals surface area contributed by atoms with Gasteiger partial charge >= 0.3 is 7.12 Å². The molecule has 0 saturated carbocycles. The Bertz CT molecular complexity index is 396. The van der Waals surface area contributed by atoms with E-state index < -0.39 is 13.0 Å². The van der Waals surface area contributed by atoms with E-state index in [1.165, 1.54) is 0 Å². The molecule has 5 nitrogen and oxygen atoms in total. The van der Waals surface area contributed by atoms with Gasteiger partial charge in [-0.3, -0.25) is 4.79 Å². The van der Waals surface area contributed by atoms with E-state index in [2.05, 4.69) is 0 Å². The van der Waals surface area contributed by atoms with Gasteiger partial charge in [-0.05, 0) is 11.6 Å². The third kappa shape index (κ3) is 1.95. The molecule has 15 heavy (non-hydrogen) atoms. The van der Waals surface area contributed by atoms with Crippen molar-refractivity contribution in [2.45, 2.75) is 6.61 Å². The highest BCUT2D eigenvalue weighted by atomic mass is 16.5. The number of hydrogen-bond acceptors (Lipinski definition) is 4. The van der Waals surface area contributed by atoms with Crippen LogP contribution in [0, 0.1) is 0 Å². The van der Waals surface area contributed by atoms with Crippen LogP contribution in [0.4, 0.5) is 0 Å². The molecule has 1 aliphatic rings. The Hall–Kier alpha value is -1.53. The second-order valence-corrected chi connectivity index (χ2v) is 3.25. The standard InChI is InChI=1S/C9H10BNO4/c11-8(12)5-14-7-3-1-2-6-4-15-10(13)9(6)7/h1-3,13H,4-5H2,(H2,11,12). The van der Waals surface area contributed by atoms with E-state index in [-0.39, 0.29) is 6.61 Å². The zero-order valence-corrected chi connectivity index (χ0v) is 7.97. The van der Waals surface area contributed by atoms with Crippen molar-refractivity contribution in [2.24, 2.45) is 5.73 Å². The monoisotopic (exact) mass is 207 g/mol. The number of fused-ring (bicyclic) bond motifs is 1. The molecular formula is C9H10BNO4. The molecule has 0 aromatic heterocycles. The number of benzene rings is 1. The molecule has 1 amide bonds. The van der Waals surface area contributed by atoms with Crippen molar-refractivity contribution in [1.29, 1.82) is 0 Å². The second-order valence-electron chi connectivity index (χ2n) is 3.25. The first-order valence-electron chi connectivity index (χ1n) is 4.51. The molecule has 3 N–H and O–H groups in total. The van der Waals surface area contributed by atoms with E-state index in [0.717, 1.165) is 5.56 Å². The number of amides is 1. The first kappa shape index (κ1) is 10.0. The largest absolute Gasteiger partial charge is 0.495 e. The van der Waals surface area contributed by atoms with Crippen LogP contribution in [0.25, 0.3) is 0 Å². The first-order valence-corrected chi connectivity index (χ1v) is 4.51. The maximum absolute atomic E-state index is 10.6. The summed E-state index contributed by atoms with van der Waals surface area (Å²) in [5.74, 6) is -0.114. The minimum Gasteiger partial charge on any atom is -0.484 e. The molecule has 0 fully saturated rings. The average Bonchev–Trinajstić information content (AvgIpc) is 2.58. The Morgan fingerprint density at radius 3 is 3.20 bits per heavy atom. The number of primary amides is 1. The molecule has 0 aliphatic carbocycles.